The van der Waals surface area contributed by atoms with Crippen molar-refractivity contribution in [3.63, 3.8) is 0 Å². The van der Waals surface area contributed by atoms with Crippen molar-refractivity contribution >= 4 is 23.9 Å². The van der Waals surface area contributed by atoms with Gasteiger partial charge in [-0.15, -0.1) is 0 Å². The predicted molar refractivity (Wildman–Crippen MR) is 75.5 cm³/mol. The molecule has 0 fully saturated rings. The van der Waals surface area contributed by atoms with Gasteiger partial charge in [0, 0.05) is 11.1 Å². The molecule has 0 bridgehead atoms. The maximum atomic E-state index is 10.3. The van der Waals surface area contributed by atoms with Gasteiger partial charge in [0.15, 0.2) is 0 Å². The van der Waals surface area contributed by atoms with Crippen LogP contribution < -0.4 is 69.3 Å². The average molecular weight is 376 g/mol. The molecule has 0 aromatic heterocycles. The topological polar surface area (TPSA) is 155 Å². The summed E-state index contributed by atoms with van der Waals surface area (Å²) >= 11 is 0. The van der Waals surface area contributed by atoms with Gasteiger partial charge in [0.05, 0.1) is 23.1 Å². The molecule has 2 aromatic carbocycles. The standard InChI is InChI=1S/2C8H6O4.2Na/c9-7(10)5-1-2-6(4-3-5)8(11)12;9-7(10)5-3-1-2-4-6(5)8(11)12;;/h2*1-4H,(H,9,10)(H,11,12);;/q;;2*+1/p-2. The van der Waals surface area contributed by atoms with Crippen molar-refractivity contribution in [3.05, 3.63) is 70.8 Å². The molecule has 8 nitrogen and oxygen atoms in total. The summed E-state index contributed by atoms with van der Waals surface area (Å²) in [6.45, 7) is 0. The Hall–Kier alpha value is -1.68. The fraction of sp³-hybridized carbons (Fsp3) is 0. The summed E-state index contributed by atoms with van der Waals surface area (Å²) in [4.78, 5) is 41.3. The Morgan fingerprint density at radius 1 is 0.615 bits per heavy atom. The van der Waals surface area contributed by atoms with Crippen LogP contribution in [-0.4, -0.2) is 34.1 Å². The van der Waals surface area contributed by atoms with Crippen LogP contribution in [-0.2, 0) is 0 Å². The van der Waals surface area contributed by atoms with Crippen LogP contribution in [0.15, 0.2) is 48.5 Å². The number of hydrogen-bond donors (Lipinski definition) is 2. The van der Waals surface area contributed by atoms with Crippen molar-refractivity contribution < 1.29 is 98.7 Å². The maximum absolute atomic E-state index is 10.3. The third-order valence-corrected chi connectivity index (χ3v) is 2.75. The minimum atomic E-state index is -1.52. The van der Waals surface area contributed by atoms with Crippen LogP contribution in [0.3, 0.4) is 0 Å². The fourth-order valence-corrected chi connectivity index (χ4v) is 1.59. The summed E-state index contributed by atoms with van der Waals surface area (Å²) < 4.78 is 0. The molecule has 10 heteroatoms. The van der Waals surface area contributed by atoms with Crippen LogP contribution in [0.5, 0.6) is 0 Å². The molecule has 0 aliphatic heterocycles. The van der Waals surface area contributed by atoms with Crippen LogP contribution in [0.1, 0.15) is 41.4 Å². The second-order valence-electron chi connectivity index (χ2n) is 4.31. The van der Waals surface area contributed by atoms with Gasteiger partial charge in [-0.2, -0.15) is 0 Å². The summed E-state index contributed by atoms with van der Waals surface area (Å²) in [5.41, 5.74) is -0.560. The van der Waals surface area contributed by atoms with E-state index in [1.807, 2.05) is 0 Å². The van der Waals surface area contributed by atoms with E-state index in [4.69, 9.17) is 10.2 Å². The van der Waals surface area contributed by atoms with Crippen LogP contribution in [0.4, 0.5) is 0 Å². The predicted octanol–water partition coefficient (Wildman–Crippen LogP) is -6.50. The van der Waals surface area contributed by atoms with Gasteiger partial charge >= 0.3 is 71.1 Å². The van der Waals surface area contributed by atoms with Gasteiger partial charge in [0.25, 0.3) is 0 Å². The quantitative estimate of drug-likeness (QED) is 0.499. The van der Waals surface area contributed by atoms with E-state index in [9.17, 15) is 29.4 Å². The molecular formula is C16H10Na2O8. The Morgan fingerprint density at radius 2 is 0.885 bits per heavy atom. The first-order valence-electron chi connectivity index (χ1n) is 6.32. The molecule has 124 valence electrons. The van der Waals surface area contributed by atoms with Crippen LogP contribution in [0, 0.1) is 0 Å². The number of carbonyl (C=O) groups excluding carboxylic acids is 2. The van der Waals surface area contributed by atoms with Gasteiger partial charge in [-0.3, -0.25) is 0 Å². The summed E-state index contributed by atoms with van der Waals surface area (Å²) in [5, 5.41) is 37.6. The zero-order chi connectivity index (χ0) is 18.3. The molecule has 0 saturated carbocycles. The first-order chi connectivity index (χ1) is 11.2. The SMILES string of the molecule is O=C(O)c1ccc(C(=O)O)cc1.O=C([O-])c1ccccc1C(=O)[O-].[Na+].[Na+]. The molecule has 0 amide bonds. The molecular weight excluding hydrogens is 366 g/mol. The van der Waals surface area contributed by atoms with Crippen LogP contribution in [0.25, 0.3) is 0 Å². The first-order valence-corrected chi connectivity index (χ1v) is 6.32. The molecule has 0 radical (unpaired) electrons. The number of carboxylic acids is 4. The molecule has 2 N–H and O–H groups in total. The van der Waals surface area contributed by atoms with Crippen molar-refractivity contribution in [1.82, 2.24) is 0 Å². The fourth-order valence-electron chi connectivity index (χ4n) is 1.59. The third kappa shape index (κ3) is 8.13. The van der Waals surface area contributed by atoms with Crippen molar-refractivity contribution in [3.8, 4) is 0 Å². The minimum absolute atomic E-state index is 0. The molecule has 0 aliphatic rings. The van der Waals surface area contributed by atoms with E-state index in [2.05, 4.69) is 0 Å². The van der Waals surface area contributed by atoms with Gasteiger partial charge in [0.1, 0.15) is 0 Å². The van der Waals surface area contributed by atoms with Crippen molar-refractivity contribution in [2.24, 2.45) is 0 Å². The smallest absolute Gasteiger partial charge is 0.545 e. The van der Waals surface area contributed by atoms with Gasteiger partial charge in [-0.25, -0.2) is 9.59 Å². The number of hydrogen-bond acceptors (Lipinski definition) is 6. The zero-order valence-corrected chi connectivity index (χ0v) is 18.0. The largest absolute Gasteiger partial charge is 1.00 e. The number of carbonyl (C=O) groups is 4. The second kappa shape index (κ2) is 12.6. The molecule has 0 saturated heterocycles. The molecule has 0 aliphatic carbocycles. The summed E-state index contributed by atoms with van der Waals surface area (Å²) in [6.07, 6.45) is 0. The van der Waals surface area contributed by atoms with E-state index in [1.165, 1.54) is 36.4 Å². The molecule has 0 spiro atoms. The normalized spacial score (nSPS) is 8.62. The van der Waals surface area contributed by atoms with Gasteiger partial charge in [0.2, 0.25) is 0 Å². The third-order valence-electron chi connectivity index (χ3n) is 2.75. The molecule has 0 unspecified atom stereocenters. The monoisotopic (exact) mass is 376 g/mol. The van der Waals surface area contributed by atoms with Gasteiger partial charge in [-0.1, -0.05) is 24.3 Å². The Morgan fingerprint density at radius 3 is 1.08 bits per heavy atom. The Labute approximate surface area is 192 Å². The van der Waals surface area contributed by atoms with Crippen molar-refractivity contribution in [1.29, 1.82) is 0 Å². The van der Waals surface area contributed by atoms with E-state index >= 15 is 0 Å². The molecule has 26 heavy (non-hydrogen) atoms. The van der Waals surface area contributed by atoms with Crippen LogP contribution in [0.2, 0.25) is 0 Å². The van der Waals surface area contributed by atoms with Gasteiger partial charge in [-0.05, 0) is 24.3 Å². The van der Waals surface area contributed by atoms with Crippen molar-refractivity contribution in [2.75, 3.05) is 0 Å². The van der Waals surface area contributed by atoms with E-state index < -0.39 is 23.9 Å². The number of aromatic carboxylic acids is 4. The Bertz CT molecular complexity index is 721. The van der Waals surface area contributed by atoms with Crippen LogP contribution >= 0.6 is 0 Å². The van der Waals surface area contributed by atoms with E-state index in [-0.39, 0.29) is 81.4 Å². The molecule has 0 heterocycles. The van der Waals surface area contributed by atoms with E-state index in [1.54, 1.807) is 0 Å². The number of benzene rings is 2. The minimum Gasteiger partial charge on any atom is -0.545 e. The molecule has 0 atom stereocenters. The van der Waals surface area contributed by atoms with E-state index in [0.29, 0.717) is 0 Å². The zero-order valence-electron chi connectivity index (χ0n) is 14.0. The van der Waals surface area contributed by atoms with Gasteiger partial charge < -0.3 is 30.0 Å². The Balaban J connectivity index is 0. The molecule has 2 rings (SSSR count). The summed E-state index contributed by atoms with van der Waals surface area (Å²) in [5.74, 6) is -5.16. The maximum Gasteiger partial charge on any atom is 1.00 e. The number of carboxylic acid groups (broad SMARTS) is 4. The van der Waals surface area contributed by atoms with Crippen molar-refractivity contribution in [2.45, 2.75) is 0 Å². The average Bonchev–Trinajstić information content (AvgIpc) is 2.55. The Kier molecular flexibility index (Phi) is 12.9. The van der Waals surface area contributed by atoms with E-state index in [0.717, 1.165) is 12.1 Å². The number of rotatable bonds is 4. The second-order valence-corrected chi connectivity index (χ2v) is 4.31. The first kappa shape index (κ1) is 26.5. The summed E-state index contributed by atoms with van der Waals surface area (Å²) in [7, 11) is 0. The summed E-state index contributed by atoms with van der Waals surface area (Å²) in [6, 6.07) is 10.2. The molecule has 2 aromatic rings.